The summed E-state index contributed by atoms with van der Waals surface area (Å²) in [7, 11) is -1.86. The summed E-state index contributed by atoms with van der Waals surface area (Å²) in [6.07, 6.45) is 1.54. The number of hydrogen-bond donors (Lipinski definition) is 0. The minimum absolute atomic E-state index is 0.209. The zero-order chi connectivity index (χ0) is 12.9. The molecule has 0 radical (unpaired) electrons. The fraction of sp³-hybridized carbons (Fsp3) is 0.923. The van der Waals surface area contributed by atoms with Crippen molar-refractivity contribution in [3.05, 3.63) is 0 Å². The minimum atomic E-state index is -1.86. The summed E-state index contributed by atoms with van der Waals surface area (Å²) < 4.78 is 6.29. The van der Waals surface area contributed by atoms with Crippen molar-refractivity contribution < 1.29 is 9.22 Å². The first-order chi connectivity index (χ1) is 7.32. The van der Waals surface area contributed by atoms with Gasteiger partial charge in [0.05, 0.1) is 0 Å². The highest BCUT2D eigenvalue weighted by Crippen LogP contribution is 2.42. The molecule has 96 valence electrons. The van der Waals surface area contributed by atoms with Gasteiger partial charge in [0.15, 0.2) is 0 Å². The second kappa shape index (κ2) is 6.55. The first-order valence-electron chi connectivity index (χ1n) is 6.45. The number of carbonyl (C=O) groups excluding carboxylic acids is 1. The quantitative estimate of drug-likeness (QED) is 0.496. The summed E-state index contributed by atoms with van der Waals surface area (Å²) in [6.45, 7) is 15.5. The van der Waals surface area contributed by atoms with Crippen LogP contribution in [0, 0.1) is 0 Å². The largest absolute Gasteiger partial charge is 0.406 e. The lowest BCUT2D eigenvalue weighted by atomic mass is 10.3. The molecular formula is C13H28O2Si. The molecule has 0 aliphatic heterocycles. The van der Waals surface area contributed by atoms with Crippen LogP contribution in [0.15, 0.2) is 0 Å². The smallest absolute Gasteiger partial charge is 0.201 e. The highest BCUT2D eigenvalue weighted by molar-refractivity contribution is 6.77. The molecule has 0 bridgehead atoms. The third kappa shape index (κ3) is 3.17. The third-order valence-corrected chi connectivity index (χ3v) is 9.74. The Morgan fingerprint density at radius 1 is 1.00 bits per heavy atom. The van der Waals surface area contributed by atoms with E-state index in [2.05, 4.69) is 41.5 Å². The average molecular weight is 244 g/mol. The van der Waals surface area contributed by atoms with Crippen LogP contribution in [-0.2, 0) is 9.22 Å². The summed E-state index contributed by atoms with van der Waals surface area (Å²) >= 11 is 0. The van der Waals surface area contributed by atoms with E-state index in [1.165, 1.54) is 0 Å². The monoisotopic (exact) mass is 244 g/mol. The maximum Gasteiger partial charge on any atom is 0.201 e. The summed E-state index contributed by atoms with van der Waals surface area (Å²) in [4.78, 5) is 11.0. The van der Waals surface area contributed by atoms with Crippen LogP contribution in [0.5, 0.6) is 0 Å². The average Bonchev–Trinajstić information content (AvgIpc) is 2.18. The number of carbonyl (C=O) groups is 1. The number of hydrogen-bond acceptors (Lipinski definition) is 2. The second-order valence-corrected chi connectivity index (χ2v) is 10.9. The first-order valence-corrected chi connectivity index (χ1v) is 8.59. The Balaban J connectivity index is 5.11. The normalized spacial score (nSPS) is 14.9. The maximum atomic E-state index is 11.0. The van der Waals surface area contributed by atoms with Gasteiger partial charge in [0.2, 0.25) is 8.32 Å². The van der Waals surface area contributed by atoms with Gasteiger partial charge in [0.1, 0.15) is 12.4 Å². The lowest BCUT2D eigenvalue weighted by Gasteiger charge is -2.43. The molecule has 0 N–H and O–H groups in total. The van der Waals surface area contributed by atoms with E-state index < -0.39 is 8.32 Å². The molecule has 3 heteroatoms. The number of aldehydes is 1. The van der Waals surface area contributed by atoms with Crippen LogP contribution in [0.2, 0.25) is 16.6 Å². The Bertz CT molecular complexity index is 190. The molecule has 0 saturated carbocycles. The highest BCUT2D eigenvalue weighted by Gasteiger charge is 2.46. The predicted octanol–water partition coefficient (Wildman–Crippen LogP) is 4.16. The topological polar surface area (TPSA) is 26.3 Å². The predicted molar refractivity (Wildman–Crippen MR) is 72.3 cm³/mol. The molecule has 16 heavy (non-hydrogen) atoms. The fourth-order valence-electron chi connectivity index (χ4n) is 2.88. The fourth-order valence-corrected chi connectivity index (χ4v) is 8.44. The van der Waals surface area contributed by atoms with E-state index in [4.69, 9.17) is 4.43 Å². The molecule has 0 aromatic carbocycles. The molecule has 0 aliphatic carbocycles. The van der Waals surface area contributed by atoms with Crippen LogP contribution in [0.1, 0.15) is 54.9 Å². The van der Waals surface area contributed by atoms with Crippen LogP contribution in [-0.4, -0.2) is 20.7 Å². The van der Waals surface area contributed by atoms with Crippen molar-refractivity contribution in [3.63, 3.8) is 0 Å². The van der Waals surface area contributed by atoms with Crippen molar-refractivity contribution in [3.8, 4) is 0 Å². The Morgan fingerprint density at radius 3 is 1.56 bits per heavy atom. The zero-order valence-corrected chi connectivity index (χ0v) is 12.9. The highest BCUT2D eigenvalue weighted by atomic mass is 28.4. The first kappa shape index (κ1) is 15.8. The molecule has 0 amide bonds. The molecule has 0 aromatic rings. The van der Waals surface area contributed by atoms with E-state index >= 15 is 0 Å². The van der Waals surface area contributed by atoms with Crippen LogP contribution in [0.25, 0.3) is 0 Å². The van der Waals surface area contributed by atoms with Gasteiger partial charge in [-0.25, -0.2) is 0 Å². The van der Waals surface area contributed by atoms with E-state index in [0.29, 0.717) is 16.6 Å². The minimum Gasteiger partial charge on any atom is -0.406 e. The molecule has 0 aliphatic rings. The Hall–Kier alpha value is -0.153. The van der Waals surface area contributed by atoms with Crippen molar-refractivity contribution in [2.24, 2.45) is 0 Å². The maximum absolute atomic E-state index is 11.0. The molecule has 0 spiro atoms. The second-order valence-electron chi connectivity index (χ2n) is 5.52. The SMILES string of the molecule is CC[C@H](C=O)O[Si](C(C)C)(C(C)C)C(C)C. The van der Waals surface area contributed by atoms with Gasteiger partial charge in [-0.15, -0.1) is 0 Å². The van der Waals surface area contributed by atoms with Crippen LogP contribution in [0.3, 0.4) is 0 Å². The zero-order valence-electron chi connectivity index (χ0n) is 11.9. The number of rotatable bonds is 7. The van der Waals surface area contributed by atoms with Gasteiger partial charge in [-0.3, -0.25) is 0 Å². The van der Waals surface area contributed by atoms with Gasteiger partial charge in [-0.05, 0) is 23.0 Å². The Kier molecular flexibility index (Phi) is 6.49. The summed E-state index contributed by atoms with van der Waals surface area (Å²) in [6, 6.07) is 0. The molecule has 0 saturated heterocycles. The van der Waals surface area contributed by atoms with E-state index in [-0.39, 0.29) is 6.10 Å². The van der Waals surface area contributed by atoms with Crippen molar-refractivity contribution in [1.29, 1.82) is 0 Å². The standard InChI is InChI=1S/C13H28O2Si/c1-8-13(9-14)15-16(10(2)3,11(4)5)12(6)7/h9-13H,8H2,1-7H3/t13-/m1/s1. The van der Waals surface area contributed by atoms with E-state index in [1.54, 1.807) is 0 Å². The van der Waals surface area contributed by atoms with E-state index in [1.807, 2.05) is 6.92 Å². The van der Waals surface area contributed by atoms with Crippen molar-refractivity contribution in [2.45, 2.75) is 77.6 Å². The molecule has 1 atom stereocenters. The van der Waals surface area contributed by atoms with Crippen LogP contribution in [0.4, 0.5) is 0 Å². The molecule has 0 aromatic heterocycles. The van der Waals surface area contributed by atoms with E-state index in [9.17, 15) is 4.79 Å². The van der Waals surface area contributed by atoms with Gasteiger partial charge in [0, 0.05) is 0 Å². The van der Waals surface area contributed by atoms with Crippen LogP contribution < -0.4 is 0 Å². The summed E-state index contributed by atoms with van der Waals surface area (Å²) in [5.74, 6) is 0. The van der Waals surface area contributed by atoms with Crippen molar-refractivity contribution in [1.82, 2.24) is 0 Å². The molecular weight excluding hydrogens is 216 g/mol. The molecule has 0 heterocycles. The molecule has 0 fully saturated rings. The van der Waals surface area contributed by atoms with Crippen molar-refractivity contribution >= 4 is 14.6 Å². The van der Waals surface area contributed by atoms with Gasteiger partial charge in [0.25, 0.3) is 0 Å². The van der Waals surface area contributed by atoms with Gasteiger partial charge >= 0.3 is 0 Å². The third-order valence-electron chi connectivity index (χ3n) is 3.62. The lowest BCUT2D eigenvalue weighted by molar-refractivity contribution is -0.114. The Morgan fingerprint density at radius 2 is 1.38 bits per heavy atom. The summed E-state index contributed by atoms with van der Waals surface area (Å²) in [5, 5.41) is 0. The molecule has 2 nitrogen and oxygen atoms in total. The van der Waals surface area contributed by atoms with Gasteiger partial charge in [-0.2, -0.15) is 0 Å². The molecule has 0 unspecified atom stereocenters. The van der Waals surface area contributed by atoms with Gasteiger partial charge in [-0.1, -0.05) is 48.5 Å². The Labute approximate surface area is 102 Å². The van der Waals surface area contributed by atoms with Crippen LogP contribution >= 0.6 is 0 Å². The lowest BCUT2D eigenvalue weighted by Crippen LogP contribution is -2.50. The van der Waals surface area contributed by atoms with E-state index in [0.717, 1.165) is 12.7 Å². The molecule has 0 rings (SSSR count). The van der Waals surface area contributed by atoms with Crippen molar-refractivity contribution in [2.75, 3.05) is 0 Å². The van der Waals surface area contributed by atoms with Gasteiger partial charge < -0.3 is 9.22 Å². The summed E-state index contributed by atoms with van der Waals surface area (Å²) in [5.41, 5.74) is 1.63.